The van der Waals surface area contributed by atoms with E-state index in [-0.39, 0.29) is 0 Å². The van der Waals surface area contributed by atoms with Crippen LogP contribution in [0.15, 0.2) is 18.5 Å². The van der Waals surface area contributed by atoms with Crippen molar-refractivity contribution < 1.29 is 0 Å². The molecule has 0 saturated carbocycles. The smallest absolute Gasteiger partial charge is 0.332 e. The Bertz CT molecular complexity index is 404. The van der Waals surface area contributed by atoms with Crippen LogP contribution in [0.4, 0.5) is 11.4 Å². The molecule has 0 spiro atoms. The van der Waals surface area contributed by atoms with Crippen LogP contribution < -0.4 is 9.13 Å². The third kappa shape index (κ3) is 3.72. The zero-order valence-electron chi connectivity index (χ0n) is 13.0. The average Bonchev–Trinajstić information content (AvgIpc) is 2.53. The van der Waals surface area contributed by atoms with Gasteiger partial charge in [-0.1, -0.05) is 41.5 Å². The molecule has 0 bridgehead atoms. The number of hydrogen-bond donors (Lipinski definition) is 0. The molecule has 0 aromatic carbocycles. The van der Waals surface area contributed by atoms with Gasteiger partial charge < -0.3 is 9.13 Å². The molecule has 2 heterocycles. The Morgan fingerprint density at radius 1 is 0.947 bits per heavy atom. The summed E-state index contributed by atoms with van der Waals surface area (Å²) in [5, 5.41) is 0. The number of anilines is 2. The second-order valence-electron chi connectivity index (χ2n) is 7.76. The summed E-state index contributed by atoms with van der Waals surface area (Å²) >= 11 is 0. The highest BCUT2D eigenvalue weighted by Gasteiger charge is 2.32. The minimum absolute atomic E-state index is 0.303. The molecule has 3 nitrogen and oxygen atoms in total. The maximum atomic E-state index is 4.30. The molecule has 0 N–H and O–H groups in total. The standard InChI is InChI=1S/C15H25N3Si/c1-14(2,3)10-17-12-7-8-16-9-13(12)18(19-17)11-15(4,5)6/h7-9H,10-11H2,1-6H3. The van der Waals surface area contributed by atoms with Gasteiger partial charge in [0.1, 0.15) is 0 Å². The molecule has 1 aliphatic rings. The Hall–Kier alpha value is -1.03. The Kier molecular flexibility index (Phi) is 3.64. The van der Waals surface area contributed by atoms with E-state index in [1.807, 2.05) is 12.4 Å². The predicted molar refractivity (Wildman–Crippen MR) is 83.6 cm³/mol. The molecule has 19 heavy (non-hydrogen) atoms. The van der Waals surface area contributed by atoms with Crippen LogP contribution in [0.1, 0.15) is 41.5 Å². The number of fused-ring (bicyclic) bond motifs is 1. The van der Waals surface area contributed by atoms with Gasteiger partial charge in [0.2, 0.25) is 0 Å². The summed E-state index contributed by atoms with van der Waals surface area (Å²) in [6.07, 6.45) is 3.91. The Balaban J connectivity index is 2.23. The fourth-order valence-electron chi connectivity index (χ4n) is 2.26. The summed E-state index contributed by atoms with van der Waals surface area (Å²) < 4.78 is 4.98. The zero-order chi connectivity index (χ0) is 14.3. The van der Waals surface area contributed by atoms with Crippen molar-refractivity contribution in [3.8, 4) is 0 Å². The van der Waals surface area contributed by atoms with Crippen LogP contribution in [0.3, 0.4) is 0 Å². The van der Waals surface area contributed by atoms with Gasteiger partial charge in [0, 0.05) is 19.3 Å². The summed E-state index contributed by atoms with van der Waals surface area (Å²) in [6, 6.07) is 2.15. The fraction of sp³-hybridized carbons (Fsp3) is 0.667. The Morgan fingerprint density at radius 2 is 1.47 bits per heavy atom. The number of hydrogen-bond acceptors (Lipinski definition) is 3. The Morgan fingerprint density at radius 3 is 2.00 bits per heavy atom. The maximum absolute atomic E-state index is 4.30. The summed E-state index contributed by atoms with van der Waals surface area (Å²) in [5.41, 5.74) is 3.25. The average molecular weight is 275 g/mol. The van der Waals surface area contributed by atoms with Gasteiger partial charge in [-0.05, 0) is 16.9 Å². The summed E-state index contributed by atoms with van der Waals surface area (Å²) in [7, 11) is 0.702. The molecule has 0 aliphatic carbocycles. The van der Waals surface area contributed by atoms with Gasteiger partial charge in [-0.2, -0.15) is 0 Å². The lowest BCUT2D eigenvalue weighted by atomic mass is 9.96. The topological polar surface area (TPSA) is 19.4 Å². The van der Waals surface area contributed by atoms with Gasteiger partial charge in [-0.15, -0.1) is 0 Å². The van der Waals surface area contributed by atoms with E-state index in [1.165, 1.54) is 11.4 Å². The monoisotopic (exact) mass is 275 g/mol. The van der Waals surface area contributed by atoms with Gasteiger partial charge in [-0.3, -0.25) is 4.98 Å². The number of pyridine rings is 1. The highest BCUT2D eigenvalue weighted by Crippen LogP contribution is 2.37. The molecular formula is C15H25N3Si. The first-order valence-corrected chi connectivity index (χ1v) is 7.81. The largest absolute Gasteiger partial charge is 0.378 e. The minimum Gasteiger partial charge on any atom is -0.378 e. The van der Waals surface area contributed by atoms with Crippen molar-refractivity contribution in [1.82, 2.24) is 4.98 Å². The lowest BCUT2D eigenvalue weighted by Gasteiger charge is -2.29. The van der Waals surface area contributed by atoms with Crippen molar-refractivity contribution in [1.29, 1.82) is 0 Å². The van der Waals surface area contributed by atoms with Crippen molar-refractivity contribution >= 4 is 21.2 Å². The minimum atomic E-state index is 0.303. The van der Waals surface area contributed by atoms with Crippen molar-refractivity contribution in [2.45, 2.75) is 41.5 Å². The van der Waals surface area contributed by atoms with Gasteiger partial charge in [0.05, 0.1) is 17.6 Å². The van der Waals surface area contributed by atoms with E-state index in [9.17, 15) is 0 Å². The Labute approximate surface area is 120 Å². The second-order valence-corrected chi connectivity index (χ2v) is 9.04. The van der Waals surface area contributed by atoms with Crippen molar-refractivity contribution in [3.05, 3.63) is 18.5 Å². The molecule has 0 unspecified atom stereocenters. The van der Waals surface area contributed by atoms with E-state index in [1.54, 1.807) is 0 Å². The quantitative estimate of drug-likeness (QED) is 0.772. The summed E-state index contributed by atoms with van der Waals surface area (Å²) in [6.45, 7) is 15.9. The van der Waals surface area contributed by atoms with Crippen molar-refractivity contribution in [2.75, 3.05) is 22.2 Å². The van der Waals surface area contributed by atoms with Gasteiger partial charge in [-0.25, -0.2) is 0 Å². The van der Waals surface area contributed by atoms with Crippen LogP contribution in [0.2, 0.25) is 0 Å². The molecule has 104 valence electrons. The lowest BCUT2D eigenvalue weighted by Crippen LogP contribution is -2.42. The van der Waals surface area contributed by atoms with Gasteiger partial charge >= 0.3 is 9.84 Å². The highest BCUT2D eigenvalue weighted by atomic mass is 28.2. The maximum Gasteiger partial charge on any atom is 0.332 e. The van der Waals surface area contributed by atoms with Gasteiger partial charge in [0.15, 0.2) is 0 Å². The molecule has 0 fully saturated rings. The van der Waals surface area contributed by atoms with Crippen LogP contribution >= 0.6 is 0 Å². The number of rotatable bonds is 2. The number of nitrogens with zero attached hydrogens (tertiary/aromatic N) is 3. The first-order valence-electron chi connectivity index (χ1n) is 6.91. The zero-order valence-corrected chi connectivity index (χ0v) is 14.0. The van der Waals surface area contributed by atoms with E-state index >= 15 is 0 Å². The van der Waals surface area contributed by atoms with E-state index in [0.717, 1.165) is 13.1 Å². The lowest BCUT2D eigenvalue weighted by molar-refractivity contribution is 0.426. The second kappa shape index (κ2) is 4.82. The molecule has 0 atom stereocenters. The third-order valence-corrected chi connectivity index (χ3v) is 4.15. The van der Waals surface area contributed by atoms with E-state index in [2.05, 4.69) is 61.7 Å². The first-order chi connectivity index (χ1) is 8.66. The first kappa shape index (κ1) is 14.4. The van der Waals surface area contributed by atoms with Crippen LogP contribution in [-0.4, -0.2) is 27.9 Å². The van der Waals surface area contributed by atoms with E-state index in [0.29, 0.717) is 20.7 Å². The third-order valence-electron chi connectivity index (χ3n) is 2.87. The van der Waals surface area contributed by atoms with Crippen LogP contribution in [0.25, 0.3) is 0 Å². The molecule has 1 aromatic heterocycles. The van der Waals surface area contributed by atoms with Gasteiger partial charge in [0.25, 0.3) is 0 Å². The van der Waals surface area contributed by atoms with Crippen LogP contribution in [0, 0.1) is 10.8 Å². The van der Waals surface area contributed by atoms with Crippen LogP contribution in [-0.2, 0) is 0 Å². The molecule has 1 aromatic rings. The van der Waals surface area contributed by atoms with Crippen molar-refractivity contribution in [2.24, 2.45) is 10.8 Å². The van der Waals surface area contributed by atoms with Crippen molar-refractivity contribution in [3.63, 3.8) is 0 Å². The molecule has 0 amide bonds. The SMILES string of the molecule is CC(C)(C)CN1[Si]N(CC(C)(C)C)c2cnccc21. The van der Waals surface area contributed by atoms with Crippen LogP contribution in [0.5, 0.6) is 0 Å². The summed E-state index contributed by atoms with van der Waals surface area (Å²) in [4.78, 5) is 4.30. The summed E-state index contributed by atoms with van der Waals surface area (Å²) in [5.74, 6) is 0. The molecule has 4 heteroatoms. The van der Waals surface area contributed by atoms with E-state index < -0.39 is 0 Å². The molecule has 2 radical (unpaired) electrons. The predicted octanol–water partition coefficient (Wildman–Crippen LogP) is 3.33. The molecule has 1 aliphatic heterocycles. The van der Waals surface area contributed by atoms with E-state index in [4.69, 9.17) is 0 Å². The number of aromatic nitrogens is 1. The molecule has 2 rings (SSSR count). The molecule has 0 saturated heterocycles. The fourth-order valence-corrected chi connectivity index (χ4v) is 4.22. The highest BCUT2D eigenvalue weighted by molar-refractivity contribution is 6.50. The normalized spacial score (nSPS) is 15.9. The molecular weight excluding hydrogens is 250 g/mol.